The zero-order chi connectivity index (χ0) is 20.9. The maximum Gasteiger partial charge on any atom is 0.416 e. The normalized spacial score (nSPS) is 15.1. The minimum Gasteiger partial charge on any atom is -0.354 e. The summed E-state index contributed by atoms with van der Waals surface area (Å²) < 4.78 is 38.6. The largest absolute Gasteiger partial charge is 0.416 e. The van der Waals surface area contributed by atoms with E-state index in [0.717, 1.165) is 49.2 Å². The molecule has 9 heteroatoms. The Morgan fingerprint density at radius 3 is 2.55 bits per heavy atom. The van der Waals surface area contributed by atoms with Gasteiger partial charge in [-0.15, -0.1) is 11.3 Å². The molecule has 2 aromatic rings. The van der Waals surface area contributed by atoms with E-state index in [1.165, 1.54) is 23.9 Å². The molecule has 156 valence electrons. The first-order chi connectivity index (χ1) is 13.8. The number of carbonyl (C=O) groups is 2. The predicted molar refractivity (Wildman–Crippen MR) is 104 cm³/mol. The lowest BCUT2D eigenvalue weighted by molar-refractivity contribution is -0.137. The molecule has 5 nitrogen and oxygen atoms in total. The van der Waals surface area contributed by atoms with Gasteiger partial charge in [0.1, 0.15) is 10.7 Å². The minimum absolute atomic E-state index is 0.0273. The van der Waals surface area contributed by atoms with E-state index in [1.54, 1.807) is 0 Å². The van der Waals surface area contributed by atoms with Crippen LogP contribution in [0, 0.1) is 5.92 Å². The van der Waals surface area contributed by atoms with Gasteiger partial charge in [0, 0.05) is 30.0 Å². The highest BCUT2D eigenvalue weighted by molar-refractivity contribution is 7.13. The molecule has 0 saturated heterocycles. The van der Waals surface area contributed by atoms with Gasteiger partial charge in [-0.05, 0) is 25.0 Å². The number of carbonyl (C=O) groups excluding carboxylic acids is 2. The van der Waals surface area contributed by atoms with E-state index in [1.807, 2.05) is 0 Å². The monoisotopic (exact) mass is 425 g/mol. The maximum atomic E-state index is 12.9. The molecule has 0 radical (unpaired) electrons. The lowest BCUT2D eigenvalue weighted by Crippen LogP contribution is -2.38. The van der Waals surface area contributed by atoms with E-state index < -0.39 is 17.6 Å². The number of hydrogen-bond donors (Lipinski definition) is 2. The molecular weight excluding hydrogens is 403 g/mol. The van der Waals surface area contributed by atoms with Gasteiger partial charge in [0.05, 0.1) is 5.56 Å². The second-order valence-electron chi connectivity index (χ2n) is 7.00. The Kier molecular flexibility index (Phi) is 6.89. The van der Waals surface area contributed by atoms with Crippen LogP contribution >= 0.6 is 11.3 Å². The van der Waals surface area contributed by atoms with Gasteiger partial charge in [0.2, 0.25) is 5.91 Å². The van der Waals surface area contributed by atoms with Gasteiger partial charge in [-0.25, -0.2) is 4.98 Å². The van der Waals surface area contributed by atoms with Gasteiger partial charge < -0.3 is 10.6 Å². The van der Waals surface area contributed by atoms with Crippen LogP contribution in [0.25, 0.3) is 10.6 Å². The highest BCUT2D eigenvalue weighted by Gasteiger charge is 2.30. The fourth-order valence-corrected chi connectivity index (χ4v) is 4.10. The molecule has 0 bridgehead atoms. The van der Waals surface area contributed by atoms with Crippen LogP contribution in [0.1, 0.15) is 48.2 Å². The second kappa shape index (κ2) is 9.39. The van der Waals surface area contributed by atoms with Crippen molar-refractivity contribution < 1.29 is 22.8 Å². The average molecular weight is 425 g/mol. The molecular formula is C20H22F3N3O2S. The summed E-state index contributed by atoms with van der Waals surface area (Å²) in [5.74, 6) is -0.334. The molecule has 1 aliphatic rings. The first kappa shape index (κ1) is 21.3. The molecule has 1 aromatic heterocycles. The van der Waals surface area contributed by atoms with Crippen LogP contribution in [-0.2, 0) is 11.0 Å². The van der Waals surface area contributed by atoms with Gasteiger partial charge in [0.15, 0.2) is 0 Å². The highest BCUT2D eigenvalue weighted by Crippen LogP contribution is 2.33. The number of alkyl halides is 3. The summed E-state index contributed by atoms with van der Waals surface area (Å²) in [6.07, 6.45) is 0.718. The zero-order valence-corrected chi connectivity index (χ0v) is 16.5. The average Bonchev–Trinajstić information content (AvgIpc) is 3.21. The smallest absolute Gasteiger partial charge is 0.354 e. The van der Waals surface area contributed by atoms with Crippen molar-refractivity contribution in [3.05, 3.63) is 40.9 Å². The third kappa shape index (κ3) is 5.79. The standard InChI is InChI=1S/C20H22F3N3O2S/c21-20(22,23)15-8-4-7-14(11-15)19-26-16(12-29-19)18(28)25-10-9-24-17(27)13-5-2-1-3-6-13/h4,7-8,11-13H,1-3,5-6,9-10H2,(H,24,27)(H,25,28). The van der Waals surface area contributed by atoms with Crippen LogP contribution in [0.2, 0.25) is 0 Å². The third-order valence-electron chi connectivity index (χ3n) is 4.86. The topological polar surface area (TPSA) is 71.1 Å². The second-order valence-corrected chi connectivity index (χ2v) is 7.86. The van der Waals surface area contributed by atoms with Crippen LogP contribution in [0.5, 0.6) is 0 Å². The van der Waals surface area contributed by atoms with Crippen LogP contribution in [-0.4, -0.2) is 29.9 Å². The summed E-state index contributed by atoms with van der Waals surface area (Å²) in [7, 11) is 0. The van der Waals surface area contributed by atoms with E-state index in [4.69, 9.17) is 0 Å². The summed E-state index contributed by atoms with van der Waals surface area (Å²) in [5.41, 5.74) is -0.311. The fourth-order valence-electron chi connectivity index (χ4n) is 3.30. The van der Waals surface area contributed by atoms with Crippen LogP contribution in [0.15, 0.2) is 29.6 Å². The Hall–Kier alpha value is -2.42. The molecule has 0 unspecified atom stereocenters. The predicted octanol–water partition coefficient (Wildman–Crippen LogP) is 4.26. The van der Waals surface area contributed by atoms with Crippen LogP contribution < -0.4 is 10.6 Å². The van der Waals surface area contributed by atoms with Crippen molar-refractivity contribution in [2.24, 2.45) is 5.92 Å². The molecule has 29 heavy (non-hydrogen) atoms. The Morgan fingerprint density at radius 2 is 1.83 bits per heavy atom. The van der Waals surface area contributed by atoms with Crippen molar-refractivity contribution in [2.45, 2.75) is 38.3 Å². The van der Waals surface area contributed by atoms with E-state index in [0.29, 0.717) is 17.1 Å². The number of benzene rings is 1. The van der Waals surface area contributed by atoms with Gasteiger partial charge in [0.25, 0.3) is 5.91 Å². The fraction of sp³-hybridized carbons (Fsp3) is 0.450. The molecule has 1 aromatic carbocycles. The van der Waals surface area contributed by atoms with E-state index in [2.05, 4.69) is 15.6 Å². The van der Waals surface area contributed by atoms with Crippen molar-refractivity contribution in [3.8, 4) is 10.6 Å². The number of hydrogen-bond acceptors (Lipinski definition) is 4. The molecule has 1 saturated carbocycles. The number of rotatable bonds is 6. The van der Waals surface area contributed by atoms with E-state index in [-0.39, 0.29) is 24.1 Å². The summed E-state index contributed by atoms with van der Waals surface area (Å²) in [5, 5.41) is 7.35. The number of nitrogens with one attached hydrogen (secondary N) is 2. The van der Waals surface area contributed by atoms with Crippen molar-refractivity contribution in [2.75, 3.05) is 13.1 Å². The van der Waals surface area contributed by atoms with Crippen molar-refractivity contribution >= 4 is 23.2 Å². The molecule has 0 atom stereocenters. The number of halogens is 3. The molecule has 0 spiro atoms. The summed E-state index contributed by atoms with van der Waals surface area (Å²) in [4.78, 5) is 28.4. The van der Waals surface area contributed by atoms with Gasteiger partial charge >= 0.3 is 6.18 Å². The third-order valence-corrected chi connectivity index (χ3v) is 5.75. The Labute approximate surface area is 170 Å². The molecule has 0 aliphatic heterocycles. The summed E-state index contributed by atoms with van der Waals surface area (Å²) in [6, 6.07) is 4.85. The van der Waals surface area contributed by atoms with Crippen LogP contribution in [0.4, 0.5) is 13.2 Å². The lowest BCUT2D eigenvalue weighted by Gasteiger charge is -2.20. The Bertz CT molecular complexity index is 861. The molecule has 1 heterocycles. The SMILES string of the molecule is O=C(NCCNC(=O)C1CCCCC1)c1csc(-c2cccc(C(F)(F)F)c2)n1. The van der Waals surface area contributed by atoms with Gasteiger partial charge in [-0.1, -0.05) is 31.4 Å². The number of nitrogens with zero attached hydrogens (tertiary/aromatic N) is 1. The molecule has 3 rings (SSSR count). The van der Waals surface area contributed by atoms with E-state index in [9.17, 15) is 22.8 Å². The van der Waals surface area contributed by atoms with Crippen molar-refractivity contribution in [1.82, 2.24) is 15.6 Å². The van der Waals surface area contributed by atoms with Crippen molar-refractivity contribution in [3.63, 3.8) is 0 Å². The van der Waals surface area contributed by atoms with Crippen LogP contribution in [0.3, 0.4) is 0 Å². The summed E-state index contributed by atoms with van der Waals surface area (Å²) >= 11 is 1.10. The summed E-state index contributed by atoms with van der Waals surface area (Å²) in [6.45, 7) is 0.583. The maximum absolute atomic E-state index is 12.9. The molecule has 2 amide bonds. The number of amides is 2. The quantitative estimate of drug-likeness (QED) is 0.680. The number of thiazole rings is 1. The zero-order valence-electron chi connectivity index (χ0n) is 15.7. The van der Waals surface area contributed by atoms with Crippen molar-refractivity contribution in [1.29, 1.82) is 0 Å². The Balaban J connectivity index is 1.50. The molecule has 1 fully saturated rings. The minimum atomic E-state index is -4.43. The molecule has 1 aliphatic carbocycles. The molecule has 2 N–H and O–H groups in total. The number of aromatic nitrogens is 1. The first-order valence-corrected chi connectivity index (χ1v) is 10.4. The highest BCUT2D eigenvalue weighted by atomic mass is 32.1. The lowest BCUT2D eigenvalue weighted by atomic mass is 9.89. The van der Waals surface area contributed by atoms with Gasteiger partial charge in [-0.2, -0.15) is 13.2 Å². The van der Waals surface area contributed by atoms with Gasteiger partial charge in [-0.3, -0.25) is 9.59 Å². The first-order valence-electron chi connectivity index (χ1n) is 9.53. The Morgan fingerprint density at radius 1 is 1.10 bits per heavy atom. The van der Waals surface area contributed by atoms with E-state index >= 15 is 0 Å².